The van der Waals surface area contributed by atoms with E-state index in [1.54, 1.807) is 54.5 Å². The van der Waals surface area contributed by atoms with Crippen LogP contribution < -0.4 is 19.7 Å². The van der Waals surface area contributed by atoms with Gasteiger partial charge in [-0.15, -0.1) is 0 Å². The van der Waals surface area contributed by atoms with Crippen LogP contribution in [-0.2, 0) is 0 Å². The van der Waals surface area contributed by atoms with Crippen LogP contribution in [0.2, 0.25) is 0 Å². The van der Waals surface area contributed by atoms with E-state index in [0.717, 1.165) is 5.56 Å². The molecule has 0 bridgehead atoms. The molecule has 0 radical (unpaired) electrons. The molecular formula is C27H28N2O5. The highest BCUT2D eigenvalue weighted by Gasteiger charge is 2.28. The number of amides is 2. The van der Waals surface area contributed by atoms with E-state index in [4.69, 9.17) is 9.47 Å². The summed E-state index contributed by atoms with van der Waals surface area (Å²) in [5.74, 6) is 0.503. The van der Waals surface area contributed by atoms with Crippen molar-refractivity contribution in [2.45, 2.75) is 25.9 Å². The standard InChI is InChI=1S/C27H28N2O5/c1-17-7-4-5-8-20(17)26(31)28-18-10-12-21(25(15-18)34-3)27(32)29-14-6-9-24(30)22-16-19(33-2)11-13-23(22)29/h4-5,7-8,10-13,15-16,24,30H,6,9,14H2,1-3H3,(H,28,31). The Morgan fingerprint density at radius 3 is 2.53 bits per heavy atom. The van der Waals surface area contributed by atoms with Crippen LogP contribution in [0.5, 0.6) is 11.5 Å². The fourth-order valence-corrected chi connectivity index (χ4v) is 4.22. The number of hydrogen-bond acceptors (Lipinski definition) is 5. The van der Waals surface area contributed by atoms with Gasteiger partial charge in [0.05, 0.1) is 31.6 Å². The number of anilines is 2. The van der Waals surface area contributed by atoms with E-state index in [1.807, 2.05) is 25.1 Å². The van der Waals surface area contributed by atoms with Gasteiger partial charge in [-0.25, -0.2) is 0 Å². The highest BCUT2D eigenvalue weighted by molar-refractivity contribution is 6.09. The lowest BCUT2D eigenvalue weighted by molar-refractivity contribution is 0.0982. The third-order valence-electron chi connectivity index (χ3n) is 6.07. The number of carbonyl (C=O) groups is 2. The van der Waals surface area contributed by atoms with E-state index in [-0.39, 0.29) is 11.8 Å². The molecule has 0 aliphatic carbocycles. The minimum Gasteiger partial charge on any atom is -0.497 e. The number of methoxy groups -OCH3 is 2. The number of rotatable bonds is 5. The van der Waals surface area contributed by atoms with Gasteiger partial charge in [0.25, 0.3) is 11.8 Å². The number of hydrogen-bond donors (Lipinski definition) is 2. The van der Waals surface area contributed by atoms with E-state index in [0.29, 0.717) is 59.0 Å². The molecule has 1 atom stereocenters. The summed E-state index contributed by atoms with van der Waals surface area (Å²) in [7, 11) is 3.06. The lowest BCUT2D eigenvalue weighted by Crippen LogP contribution is -2.32. The number of aliphatic hydroxyl groups is 1. The third kappa shape index (κ3) is 4.61. The summed E-state index contributed by atoms with van der Waals surface area (Å²) >= 11 is 0. The molecule has 0 spiro atoms. The van der Waals surface area contributed by atoms with Crippen LogP contribution in [0.1, 0.15) is 50.8 Å². The highest BCUT2D eigenvalue weighted by atomic mass is 16.5. The van der Waals surface area contributed by atoms with Gasteiger partial charge in [-0.2, -0.15) is 0 Å². The molecule has 2 amide bonds. The Balaban J connectivity index is 1.63. The van der Waals surface area contributed by atoms with Crippen molar-refractivity contribution in [1.82, 2.24) is 0 Å². The Morgan fingerprint density at radius 2 is 1.79 bits per heavy atom. The minimum atomic E-state index is -0.677. The van der Waals surface area contributed by atoms with Crippen molar-refractivity contribution in [2.75, 3.05) is 31.0 Å². The monoisotopic (exact) mass is 460 g/mol. The second-order valence-corrected chi connectivity index (χ2v) is 8.22. The molecule has 1 unspecified atom stereocenters. The number of nitrogens with one attached hydrogen (secondary N) is 1. The van der Waals surface area contributed by atoms with Crippen molar-refractivity contribution in [3.05, 3.63) is 82.9 Å². The van der Waals surface area contributed by atoms with Gasteiger partial charge < -0.3 is 24.8 Å². The van der Waals surface area contributed by atoms with Crippen molar-refractivity contribution < 1.29 is 24.2 Å². The van der Waals surface area contributed by atoms with Gasteiger partial charge in [-0.3, -0.25) is 9.59 Å². The molecule has 2 N–H and O–H groups in total. The van der Waals surface area contributed by atoms with Gasteiger partial charge in [0.2, 0.25) is 0 Å². The number of nitrogens with zero attached hydrogens (tertiary/aromatic N) is 1. The summed E-state index contributed by atoms with van der Waals surface area (Å²) in [6.45, 7) is 2.34. The number of benzene rings is 3. The third-order valence-corrected chi connectivity index (χ3v) is 6.07. The summed E-state index contributed by atoms with van der Waals surface area (Å²) < 4.78 is 10.8. The number of aryl methyl sites for hydroxylation is 1. The Labute approximate surface area is 198 Å². The zero-order valence-corrected chi connectivity index (χ0v) is 19.5. The zero-order chi connectivity index (χ0) is 24.2. The molecule has 0 saturated carbocycles. The second kappa shape index (κ2) is 9.97. The van der Waals surface area contributed by atoms with Crippen molar-refractivity contribution in [2.24, 2.45) is 0 Å². The predicted octanol–water partition coefficient (Wildman–Crippen LogP) is 4.74. The largest absolute Gasteiger partial charge is 0.497 e. The Kier molecular flexibility index (Phi) is 6.84. The van der Waals surface area contributed by atoms with Crippen LogP contribution in [0.4, 0.5) is 11.4 Å². The van der Waals surface area contributed by atoms with Crippen LogP contribution in [0.3, 0.4) is 0 Å². The molecule has 0 saturated heterocycles. The quantitative estimate of drug-likeness (QED) is 0.574. The maximum Gasteiger partial charge on any atom is 0.262 e. The molecule has 7 nitrogen and oxygen atoms in total. The van der Waals surface area contributed by atoms with Crippen LogP contribution in [-0.4, -0.2) is 37.7 Å². The minimum absolute atomic E-state index is 0.233. The smallest absolute Gasteiger partial charge is 0.262 e. The van der Waals surface area contributed by atoms with Crippen molar-refractivity contribution in [3.63, 3.8) is 0 Å². The molecular weight excluding hydrogens is 432 g/mol. The maximum atomic E-state index is 13.6. The van der Waals surface area contributed by atoms with E-state index >= 15 is 0 Å². The average molecular weight is 461 g/mol. The van der Waals surface area contributed by atoms with Gasteiger partial charge in [-0.1, -0.05) is 18.2 Å². The summed E-state index contributed by atoms with van der Waals surface area (Å²) in [4.78, 5) is 28.0. The molecule has 7 heteroatoms. The van der Waals surface area contributed by atoms with E-state index in [2.05, 4.69) is 5.32 Å². The predicted molar refractivity (Wildman–Crippen MR) is 131 cm³/mol. The molecule has 34 heavy (non-hydrogen) atoms. The molecule has 0 fully saturated rings. The van der Waals surface area contributed by atoms with Gasteiger partial charge in [0.15, 0.2) is 0 Å². The van der Waals surface area contributed by atoms with Gasteiger partial charge in [-0.05, 0) is 61.7 Å². The molecule has 1 heterocycles. The number of fused-ring (bicyclic) bond motifs is 1. The normalized spacial score (nSPS) is 15.2. The fraction of sp³-hybridized carbons (Fsp3) is 0.259. The first-order valence-electron chi connectivity index (χ1n) is 11.2. The molecule has 176 valence electrons. The van der Waals surface area contributed by atoms with E-state index < -0.39 is 6.10 Å². The van der Waals surface area contributed by atoms with Crippen LogP contribution >= 0.6 is 0 Å². The van der Waals surface area contributed by atoms with Crippen LogP contribution in [0, 0.1) is 6.92 Å². The van der Waals surface area contributed by atoms with E-state index in [9.17, 15) is 14.7 Å². The van der Waals surface area contributed by atoms with Gasteiger partial charge >= 0.3 is 0 Å². The van der Waals surface area contributed by atoms with Crippen molar-refractivity contribution >= 4 is 23.2 Å². The van der Waals surface area contributed by atoms with Gasteiger partial charge in [0, 0.05) is 29.4 Å². The maximum absolute atomic E-state index is 13.6. The van der Waals surface area contributed by atoms with Crippen molar-refractivity contribution in [1.29, 1.82) is 0 Å². The fourth-order valence-electron chi connectivity index (χ4n) is 4.22. The topological polar surface area (TPSA) is 88.1 Å². The van der Waals surface area contributed by atoms with Crippen LogP contribution in [0.25, 0.3) is 0 Å². The first-order valence-corrected chi connectivity index (χ1v) is 11.2. The summed E-state index contributed by atoms with van der Waals surface area (Å²) in [6, 6.07) is 17.7. The molecule has 1 aliphatic rings. The Bertz CT molecular complexity index is 1220. The number of carbonyl (C=O) groups excluding carboxylic acids is 2. The first kappa shape index (κ1) is 23.3. The van der Waals surface area contributed by atoms with Gasteiger partial charge in [0.1, 0.15) is 11.5 Å². The average Bonchev–Trinajstić information content (AvgIpc) is 3.02. The molecule has 4 rings (SSSR count). The molecule has 3 aromatic rings. The lowest BCUT2D eigenvalue weighted by atomic mass is 10.0. The first-order chi connectivity index (χ1) is 16.4. The van der Waals surface area contributed by atoms with Crippen LogP contribution in [0.15, 0.2) is 60.7 Å². The molecule has 1 aliphatic heterocycles. The molecule has 3 aromatic carbocycles. The SMILES string of the molecule is COc1ccc2c(c1)C(O)CCCN2C(=O)c1ccc(NC(=O)c2ccccc2C)cc1OC. The van der Waals surface area contributed by atoms with Crippen molar-refractivity contribution in [3.8, 4) is 11.5 Å². The second-order valence-electron chi connectivity index (χ2n) is 8.22. The number of aliphatic hydroxyl groups excluding tert-OH is 1. The lowest BCUT2D eigenvalue weighted by Gasteiger charge is -2.25. The summed E-state index contributed by atoms with van der Waals surface area (Å²) in [6.07, 6.45) is 0.519. The van der Waals surface area contributed by atoms with E-state index in [1.165, 1.54) is 7.11 Å². The summed E-state index contributed by atoms with van der Waals surface area (Å²) in [5, 5.41) is 13.5. The number of ether oxygens (including phenoxy) is 2. The Morgan fingerprint density at radius 1 is 1.00 bits per heavy atom. The highest BCUT2D eigenvalue weighted by Crippen LogP contribution is 2.37. The Hall–Kier alpha value is -3.84. The molecule has 0 aromatic heterocycles. The summed E-state index contributed by atoms with van der Waals surface area (Å²) in [5.41, 5.74) is 3.66. The zero-order valence-electron chi connectivity index (χ0n) is 19.5.